The van der Waals surface area contributed by atoms with Gasteiger partial charge in [-0.2, -0.15) is 0 Å². The summed E-state index contributed by atoms with van der Waals surface area (Å²) in [5.41, 5.74) is 2.59. The van der Waals surface area contributed by atoms with Crippen LogP contribution in [-0.4, -0.2) is 10.2 Å². The van der Waals surface area contributed by atoms with E-state index in [0.29, 0.717) is 0 Å². The lowest BCUT2D eigenvalue weighted by molar-refractivity contribution is 1.43. The number of hydrogen-bond donors (Lipinski definition) is 0. The van der Waals surface area contributed by atoms with Gasteiger partial charge in [-0.3, -0.25) is 0 Å². The third-order valence-corrected chi connectivity index (χ3v) is 1.93. The van der Waals surface area contributed by atoms with Crippen molar-refractivity contribution >= 4 is 15.4 Å². The second-order valence-electron chi connectivity index (χ2n) is 2.32. The molecule has 0 N–H and O–H groups in total. The largest absolute Gasteiger partial charge is 0.0715 e. The highest BCUT2D eigenvalue weighted by molar-refractivity contribution is 6.33. The lowest BCUT2D eigenvalue weighted by atomic mass is 10.2. The van der Waals surface area contributed by atoms with E-state index in [2.05, 4.69) is 42.3 Å². The van der Waals surface area contributed by atoms with E-state index in [-0.39, 0.29) is 0 Å². The van der Waals surface area contributed by atoms with E-state index in [0.717, 1.165) is 0 Å². The molecule has 1 aromatic carbocycles. The quantitative estimate of drug-likeness (QED) is 0.465. The number of hydrogen-bond acceptors (Lipinski definition) is 0. The lowest BCUT2D eigenvalue weighted by Gasteiger charge is -1.98. The zero-order valence-corrected chi connectivity index (χ0v) is 6.73. The molecule has 0 nitrogen and oxygen atoms in total. The van der Waals surface area contributed by atoms with E-state index in [9.17, 15) is 0 Å². The van der Waals surface area contributed by atoms with Crippen molar-refractivity contribution in [1.29, 1.82) is 0 Å². The summed E-state index contributed by atoms with van der Waals surface area (Å²) in [6, 6.07) is 6.34. The van der Waals surface area contributed by atoms with Crippen LogP contribution in [0.15, 0.2) is 18.2 Å². The van der Waals surface area contributed by atoms with Gasteiger partial charge in [0, 0.05) is 0 Å². The fourth-order valence-electron chi connectivity index (χ4n) is 0.736. The van der Waals surface area contributed by atoms with Gasteiger partial charge in [-0.25, -0.2) is 0 Å². The van der Waals surface area contributed by atoms with Crippen molar-refractivity contribution in [2.45, 2.75) is 13.8 Å². The fourth-order valence-corrected chi connectivity index (χ4v) is 1.05. The maximum absolute atomic E-state index is 3.49. The van der Waals surface area contributed by atoms with Gasteiger partial charge in [0.15, 0.2) is 0 Å². The van der Waals surface area contributed by atoms with E-state index in [1.54, 1.807) is 0 Å². The normalized spacial score (nSPS) is 9.67. The summed E-state index contributed by atoms with van der Waals surface area (Å²) >= 11 is 0. The highest BCUT2D eigenvalue weighted by Gasteiger charge is 1.89. The molecule has 0 unspecified atom stereocenters. The first-order chi connectivity index (χ1) is 4.20. The van der Waals surface area contributed by atoms with E-state index < -0.39 is 0 Å². The number of rotatable bonds is 0. The summed E-state index contributed by atoms with van der Waals surface area (Å²) in [7, 11) is 3.49. The van der Waals surface area contributed by atoms with Crippen molar-refractivity contribution in [2.24, 2.45) is 0 Å². The van der Waals surface area contributed by atoms with Gasteiger partial charge in [-0.15, -0.1) is 0 Å². The zero-order valence-electron chi connectivity index (χ0n) is 5.73. The third kappa shape index (κ3) is 1.42. The van der Waals surface area contributed by atoms with Gasteiger partial charge < -0.3 is 0 Å². The van der Waals surface area contributed by atoms with Crippen molar-refractivity contribution in [3.63, 3.8) is 0 Å². The lowest BCUT2D eigenvalue weighted by Crippen LogP contribution is -2.06. The number of benzene rings is 1. The molecular weight excluding hydrogens is 124 g/mol. The first-order valence-electron chi connectivity index (χ1n) is 2.99. The molecule has 45 valence electrons. The molecule has 9 heavy (non-hydrogen) atoms. The summed E-state index contributed by atoms with van der Waals surface area (Å²) in [5, 5.41) is 1.19. The molecule has 3 radical (unpaired) electrons. The molecule has 0 spiro atoms. The van der Waals surface area contributed by atoms with E-state index in [1.165, 1.54) is 16.3 Å². The molecule has 0 aliphatic rings. The van der Waals surface area contributed by atoms with Gasteiger partial charge in [-0.1, -0.05) is 34.5 Å². The van der Waals surface area contributed by atoms with Crippen molar-refractivity contribution in [1.82, 2.24) is 0 Å². The van der Waals surface area contributed by atoms with Gasteiger partial charge in [-0.05, 0) is 13.8 Å². The summed E-state index contributed by atoms with van der Waals surface area (Å²) in [4.78, 5) is 0. The molecule has 1 heteroatoms. The minimum absolute atomic E-state index is 1.19. The topological polar surface area (TPSA) is 0 Å². The van der Waals surface area contributed by atoms with Crippen molar-refractivity contribution in [3.05, 3.63) is 29.3 Å². The van der Waals surface area contributed by atoms with Crippen LogP contribution < -0.4 is 5.19 Å². The van der Waals surface area contributed by atoms with Crippen LogP contribution in [0.4, 0.5) is 0 Å². The van der Waals surface area contributed by atoms with Crippen LogP contribution in [0.25, 0.3) is 0 Å². The van der Waals surface area contributed by atoms with Gasteiger partial charge in [0.1, 0.15) is 0 Å². The zero-order chi connectivity index (χ0) is 6.85. The Kier molecular flexibility index (Phi) is 1.72. The minimum atomic E-state index is 1.19. The maximum Gasteiger partial charge on any atom is 0.0715 e. The molecule has 0 bridgehead atoms. The fraction of sp³-hybridized carbons (Fsp3) is 0.250. The molecule has 0 amide bonds. The van der Waals surface area contributed by atoms with E-state index in [1.807, 2.05) is 0 Å². The SMILES string of the molecule is Cc1ccc(C)c([Si])c1. The Balaban J connectivity index is 3.17. The van der Waals surface area contributed by atoms with Crippen LogP contribution in [0.2, 0.25) is 0 Å². The van der Waals surface area contributed by atoms with E-state index >= 15 is 0 Å². The standard InChI is InChI=1S/C8H9Si/c1-6-3-4-7(2)8(9)5-6/h3-5H,1-2H3. The predicted octanol–water partition coefficient (Wildman–Crippen LogP) is 1.10. The molecule has 0 aromatic heterocycles. The van der Waals surface area contributed by atoms with Gasteiger partial charge >= 0.3 is 0 Å². The average Bonchev–Trinajstić information content (AvgIpc) is 1.80. The van der Waals surface area contributed by atoms with Crippen LogP contribution in [0.1, 0.15) is 11.1 Å². The third-order valence-electron chi connectivity index (χ3n) is 1.39. The second kappa shape index (κ2) is 2.36. The van der Waals surface area contributed by atoms with Crippen molar-refractivity contribution in [2.75, 3.05) is 0 Å². The molecule has 0 saturated heterocycles. The monoisotopic (exact) mass is 133 g/mol. The summed E-state index contributed by atoms with van der Waals surface area (Å²) in [5.74, 6) is 0. The van der Waals surface area contributed by atoms with Gasteiger partial charge in [0.2, 0.25) is 0 Å². The van der Waals surface area contributed by atoms with Crippen LogP contribution in [0.5, 0.6) is 0 Å². The van der Waals surface area contributed by atoms with Crippen molar-refractivity contribution < 1.29 is 0 Å². The molecule has 1 rings (SSSR count). The highest BCUT2D eigenvalue weighted by atomic mass is 28.1. The summed E-state index contributed by atoms with van der Waals surface area (Å²) < 4.78 is 0. The van der Waals surface area contributed by atoms with Crippen LogP contribution in [-0.2, 0) is 0 Å². The van der Waals surface area contributed by atoms with Crippen LogP contribution >= 0.6 is 0 Å². The highest BCUT2D eigenvalue weighted by Crippen LogP contribution is 1.96. The number of aryl methyl sites for hydroxylation is 2. The minimum Gasteiger partial charge on any atom is -0.0642 e. The summed E-state index contributed by atoms with van der Waals surface area (Å²) in [6.07, 6.45) is 0. The van der Waals surface area contributed by atoms with Crippen LogP contribution in [0.3, 0.4) is 0 Å². The molecule has 0 aliphatic carbocycles. The molecule has 0 heterocycles. The Bertz CT molecular complexity index is 216. The average molecular weight is 133 g/mol. The molecular formula is C8H9Si. The smallest absolute Gasteiger partial charge is 0.0642 e. The van der Waals surface area contributed by atoms with Gasteiger partial charge in [0.25, 0.3) is 0 Å². The first-order valence-corrected chi connectivity index (χ1v) is 3.49. The Morgan fingerprint density at radius 3 is 2.33 bits per heavy atom. The molecule has 0 saturated carbocycles. The first kappa shape index (κ1) is 6.56. The molecule has 0 atom stereocenters. The Labute approximate surface area is 59.3 Å². The summed E-state index contributed by atoms with van der Waals surface area (Å²) in [6.45, 7) is 4.17. The Morgan fingerprint density at radius 2 is 1.89 bits per heavy atom. The molecule has 0 fully saturated rings. The van der Waals surface area contributed by atoms with E-state index in [4.69, 9.17) is 0 Å². The molecule has 1 aromatic rings. The maximum atomic E-state index is 3.49. The van der Waals surface area contributed by atoms with Crippen molar-refractivity contribution in [3.8, 4) is 0 Å². The Morgan fingerprint density at radius 1 is 1.22 bits per heavy atom. The predicted molar refractivity (Wildman–Crippen MR) is 41.3 cm³/mol. The van der Waals surface area contributed by atoms with Gasteiger partial charge in [0.05, 0.1) is 10.2 Å². The molecule has 0 aliphatic heterocycles. The van der Waals surface area contributed by atoms with Crippen LogP contribution in [0, 0.1) is 13.8 Å². The second-order valence-corrected chi connectivity index (χ2v) is 2.86. The Hall–Kier alpha value is -0.563.